The van der Waals surface area contributed by atoms with Crippen molar-refractivity contribution in [1.82, 2.24) is 0 Å². The van der Waals surface area contributed by atoms with Gasteiger partial charge >= 0.3 is 0 Å². The molecule has 0 bridgehead atoms. The molecule has 0 spiro atoms. The highest BCUT2D eigenvalue weighted by Gasteiger charge is 2.17. The first-order chi connectivity index (χ1) is 6.57. The molecule has 0 radical (unpaired) electrons. The van der Waals surface area contributed by atoms with Gasteiger partial charge in [-0.25, -0.2) is 0 Å². The van der Waals surface area contributed by atoms with E-state index < -0.39 is 5.38 Å². The minimum atomic E-state index is -0.511. The third kappa shape index (κ3) is 2.22. The Hall–Kier alpha value is -0.670. The third-order valence-electron chi connectivity index (χ3n) is 1.88. The van der Waals surface area contributed by atoms with Crippen LogP contribution in [0.3, 0.4) is 0 Å². The summed E-state index contributed by atoms with van der Waals surface area (Å²) in [5.41, 5.74) is 6.99. The number of Topliss-reactive ketones (excluding diaryl/α,β-unsaturated/α-hetero) is 1. The maximum absolute atomic E-state index is 11.7. The molecular weight excluding hydrogens is 218 g/mol. The summed E-state index contributed by atoms with van der Waals surface area (Å²) in [4.78, 5) is 12.5. The number of ketones is 1. The Morgan fingerprint density at radius 3 is 2.71 bits per heavy atom. The minimum Gasteiger partial charge on any atom is -0.398 e. The summed E-state index contributed by atoms with van der Waals surface area (Å²) in [7, 11) is 0. The molecule has 1 unspecified atom stereocenters. The van der Waals surface area contributed by atoms with Gasteiger partial charge in [-0.3, -0.25) is 4.79 Å². The highest BCUT2D eigenvalue weighted by molar-refractivity contribution is 7.98. The van der Waals surface area contributed by atoms with Crippen LogP contribution < -0.4 is 5.73 Å². The molecule has 2 nitrogen and oxygen atoms in total. The van der Waals surface area contributed by atoms with Crippen molar-refractivity contribution >= 4 is 34.8 Å². The van der Waals surface area contributed by atoms with Crippen LogP contribution in [0.1, 0.15) is 17.3 Å². The lowest BCUT2D eigenvalue weighted by atomic mass is 10.1. The number of benzene rings is 1. The number of halogens is 1. The van der Waals surface area contributed by atoms with Crippen LogP contribution in [0.4, 0.5) is 5.69 Å². The van der Waals surface area contributed by atoms with E-state index in [4.69, 9.17) is 17.3 Å². The minimum absolute atomic E-state index is 0.0803. The molecule has 1 atom stereocenters. The van der Waals surface area contributed by atoms with Crippen LogP contribution in [0, 0.1) is 0 Å². The second-order valence-electron chi connectivity index (χ2n) is 2.91. The summed E-state index contributed by atoms with van der Waals surface area (Å²) >= 11 is 7.21. The average molecular weight is 230 g/mol. The maximum atomic E-state index is 11.7. The van der Waals surface area contributed by atoms with E-state index in [1.54, 1.807) is 25.1 Å². The van der Waals surface area contributed by atoms with Gasteiger partial charge in [-0.2, -0.15) is 0 Å². The van der Waals surface area contributed by atoms with E-state index in [0.29, 0.717) is 11.3 Å². The molecule has 14 heavy (non-hydrogen) atoms. The number of nitrogen functional groups attached to an aromatic ring is 1. The normalized spacial score (nSPS) is 12.5. The van der Waals surface area contributed by atoms with Gasteiger partial charge in [0.05, 0.1) is 5.38 Å². The number of rotatable bonds is 3. The second kappa shape index (κ2) is 4.71. The lowest BCUT2D eigenvalue weighted by Gasteiger charge is -2.09. The lowest BCUT2D eigenvalue weighted by Crippen LogP contribution is -2.12. The molecule has 2 N–H and O–H groups in total. The summed E-state index contributed by atoms with van der Waals surface area (Å²) < 4.78 is 0. The van der Waals surface area contributed by atoms with Crippen LogP contribution in [0.25, 0.3) is 0 Å². The Morgan fingerprint density at radius 1 is 1.57 bits per heavy atom. The molecule has 0 aliphatic heterocycles. The molecule has 76 valence electrons. The van der Waals surface area contributed by atoms with Crippen molar-refractivity contribution in [2.24, 2.45) is 0 Å². The van der Waals surface area contributed by atoms with Crippen molar-refractivity contribution in [3.63, 3.8) is 0 Å². The van der Waals surface area contributed by atoms with Crippen molar-refractivity contribution in [3.8, 4) is 0 Å². The van der Waals surface area contributed by atoms with Gasteiger partial charge in [0.1, 0.15) is 0 Å². The second-order valence-corrected chi connectivity index (χ2v) is 4.38. The summed E-state index contributed by atoms with van der Waals surface area (Å²) in [6.07, 6.45) is 1.89. The van der Waals surface area contributed by atoms with E-state index >= 15 is 0 Å². The first-order valence-electron chi connectivity index (χ1n) is 4.18. The van der Waals surface area contributed by atoms with E-state index in [-0.39, 0.29) is 5.78 Å². The fourth-order valence-corrected chi connectivity index (χ4v) is 2.00. The van der Waals surface area contributed by atoms with E-state index in [1.165, 1.54) is 11.8 Å². The maximum Gasteiger partial charge on any atom is 0.181 e. The Bertz CT molecular complexity index is 352. The number of hydrogen-bond acceptors (Lipinski definition) is 3. The molecule has 0 amide bonds. The molecule has 0 fully saturated rings. The van der Waals surface area contributed by atoms with Gasteiger partial charge in [0, 0.05) is 16.1 Å². The van der Waals surface area contributed by atoms with Crippen LogP contribution in [-0.2, 0) is 0 Å². The first-order valence-corrected chi connectivity index (χ1v) is 5.84. The van der Waals surface area contributed by atoms with Gasteiger partial charge < -0.3 is 5.73 Å². The first kappa shape index (κ1) is 11.4. The summed E-state index contributed by atoms with van der Waals surface area (Å²) in [5.74, 6) is -0.0803. The van der Waals surface area contributed by atoms with Gasteiger partial charge in [-0.15, -0.1) is 23.4 Å². The van der Waals surface area contributed by atoms with Crippen LogP contribution in [0.15, 0.2) is 23.1 Å². The molecule has 0 saturated carbocycles. The number of carbonyl (C=O) groups excluding carboxylic acids is 1. The molecule has 0 aliphatic rings. The zero-order valence-corrected chi connectivity index (χ0v) is 9.65. The standard InChI is InChI=1S/C10H12ClNOS/c1-6(11)9(13)7-4-3-5-8(12)10(7)14-2/h3-6H,12H2,1-2H3. The number of hydrogen-bond donors (Lipinski definition) is 1. The number of alkyl halides is 1. The fraction of sp³-hybridized carbons (Fsp3) is 0.300. The number of nitrogens with two attached hydrogens (primary N) is 1. The van der Waals surface area contributed by atoms with Crippen molar-refractivity contribution in [2.45, 2.75) is 17.2 Å². The van der Waals surface area contributed by atoms with E-state index in [0.717, 1.165) is 4.90 Å². The van der Waals surface area contributed by atoms with Crippen molar-refractivity contribution in [2.75, 3.05) is 12.0 Å². The third-order valence-corrected chi connectivity index (χ3v) is 2.94. The largest absolute Gasteiger partial charge is 0.398 e. The van der Waals surface area contributed by atoms with Crippen LogP contribution in [0.5, 0.6) is 0 Å². The molecule has 0 heterocycles. The summed E-state index contributed by atoms with van der Waals surface area (Å²) in [6, 6.07) is 5.30. The molecule has 1 aromatic rings. The number of anilines is 1. The highest BCUT2D eigenvalue weighted by Crippen LogP contribution is 2.28. The smallest absolute Gasteiger partial charge is 0.181 e. The van der Waals surface area contributed by atoms with Crippen LogP contribution in [0.2, 0.25) is 0 Å². The zero-order chi connectivity index (χ0) is 10.7. The number of carbonyl (C=O) groups is 1. The van der Waals surface area contributed by atoms with E-state index in [2.05, 4.69) is 0 Å². The van der Waals surface area contributed by atoms with Crippen LogP contribution >= 0.6 is 23.4 Å². The molecule has 4 heteroatoms. The predicted octanol–water partition coefficient (Wildman–Crippen LogP) is 2.80. The van der Waals surface area contributed by atoms with Crippen molar-refractivity contribution in [3.05, 3.63) is 23.8 Å². The summed E-state index contributed by atoms with van der Waals surface area (Å²) in [6.45, 7) is 1.66. The Labute approximate surface area is 92.8 Å². The lowest BCUT2D eigenvalue weighted by molar-refractivity contribution is 0.0989. The Balaban J connectivity index is 3.20. The zero-order valence-electron chi connectivity index (χ0n) is 8.08. The van der Waals surface area contributed by atoms with Gasteiger partial charge in [-0.1, -0.05) is 12.1 Å². The Morgan fingerprint density at radius 2 is 2.21 bits per heavy atom. The predicted molar refractivity (Wildman–Crippen MR) is 62.3 cm³/mol. The highest BCUT2D eigenvalue weighted by atomic mass is 35.5. The molecule has 0 aliphatic carbocycles. The molecule has 0 aromatic heterocycles. The van der Waals surface area contributed by atoms with E-state index in [1.807, 2.05) is 6.26 Å². The van der Waals surface area contributed by atoms with E-state index in [9.17, 15) is 4.79 Å². The van der Waals surface area contributed by atoms with Crippen LogP contribution in [-0.4, -0.2) is 17.4 Å². The monoisotopic (exact) mass is 229 g/mol. The van der Waals surface area contributed by atoms with Gasteiger partial charge in [0.15, 0.2) is 5.78 Å². The molecule has 1 aromatic carbocycles. The molecule has 1 rings (SSSR count). The Kier molecular flexibility index (Phi) is 3.84. The van der Waals surface area contributed by atoms with Crippen molar-refractivity contribution < 1.29 is 4.79 Å². The van der Waals surface area contributed by atoms with Crippen molar-refractivity contribution in [1.29, 1.82) is 0 Å². The topological polar surface area (TPSA) is 43.1 Å². The molecule has 0 saturated heterocycles. The fourth-order valence-electron chi connectivity index (χ4n) is 1.19. The van der Waals surface area contributed by atoms with Gasteiger partial charge in [-0.05, 0) is 19.2 Å². The quantitative estimate of drug-likeness (QED) is 0.375. The van der Waals surface area contributed by atoms with Gasteiger partial charge in [0.25, 0.3) is 0 Å². The molecular formula is C10H12ClNOS. The summed E-state index contributed by atoms with van der Waals surface area (Å²) in [5, 5.41) is -0.511. The average Bonchev–Trinajstić information content (AvgIpc) is 2.16. The van der Waals surface area contributed by atoms with Gasteiger partial charge in [0.2, 0.25) is 0 Å². The SMILES string of the molecule is CSc1c(N)cccc1C(=O)C(C)Cl. The number of thioether (sulfide) groups is 1.